The van der Waals surface area contributed by atoms with Gasteiger partial charge in [-0.05, 0) is 68.4 Å². The maximum Gasteiger partial charge on any atom is 0.169 e. The Bertz CT molecular complexity index is 1340. The summed E-state index contributed by atoms with van der Waals surface area (Å²) >= 11 is 0. The van der Waals surface area contributed by atoms with E-state index in [1.165, 1.54) is 0 Å². The lowest BCUT2D eigenvalue weighted by Gasteiger charge is -2.17. The average molecular weight is 451 g/mol. The van der Waals surface area contributed by atoms with Crippen molar-refractivity contribution in [3.63, 3.8) is 0 Å². The molecule has 6 heteroatoms. The molecule has 1 fully saturated rings. The van der Waals surface area contributed by atoms with E-state index in [1.807, 2.05) is 60.7 Å². The fourth-order valence-corrected chi connectivity index (χ4v) is 3.97. The molecule has 1 aromatic heterocycles. The van der Waals surface area contributed by atoms with Crippen molar-refractivity contribution in [3.05, 3.63) is 78.6 Å². The van der Waals surface area contributed by atoms with Crippen LogP contribution in [-0.4, -0.2) is 30.2 Å². The van der Waals surface area contributed by atoms with E-state index in [2.05, 4.69) is 38.5 Å². The Labute approximate surface area is 199 Å². The zero-order chi connectivity index (χ0) is 23.2. The molecule has 0 saturated carbocycles. The number of piperidine rings is 1. The Morgan fingerprint density at radius 3 is 2.62 bits per heavy atom. The van der Waals surface area contributed by atoms with Crippen molar-refractivity contribution < 1.29 is 9.47 Å². The minimum Gasteiger partial charge on any atom is -0.493 e. The van der Waals surface area contributed by atoms with Gasteiger partial charge in [0.15, 0.2) is 11.5 Å². The summed E-state index contributed by atoms with van der Waals surface area (Å²) in [6, 6.07) is 21.4. The quantitative estimate of drug-likeness (QED) is 0.390. The summed E-state index contributed by atoms with van der Waals surface area (Å²) in [4.78, 5) is 8.91. The Morgan fingerprint density at radius 2 is 1.79 bits per heavy atom. The molecular formula is C28H26N4O2. The fourth-order valence-electron chi connectivity index (χ4n) is 3.97. The first-order chi connectivity index (χ1) is 16.8. The first-order valence-corrected chi connectivity index (χ1v) is 11.4. The highest BCUT2D eigenvalue weighted by Gasteiger charge is 2.11. The van der Waals surface area contributed by atoms with Gasteiger partial charge in [-0.25, -0.2) is 9.97 Å². The molecule has 0 bridgehead atoms. The summed E-state index contributed by atoms with van der Waals surface area (Å²) in [5, 5.41) is 7.70. The molecule has 0 spiro atoms. The number of benzene rings is 3. The van der Waals surface area contributed by atoms with Crippen molar-refractivity contribution in [1.82, 2.24) is 15.3 Å². The molecule has 0 atom stereocenters. The second-order valence-electron chi connectivity index (χ2n) is 8.15. The van der Waals surface area contributed by atoms with Gasteiger partial charge in [0.05, 0.1) is 12.6 Å². The summed E-state index contributed by atoms with van der Waals surface area (Å²) in [5.41, 5.74) is 2.66. The van der Waals surface area contributed by atoms with Crippen LogP contribution in [0.1, 0.15) is 18.4 Å². The number of fused-ring (bicyclic) bond motifs is 1. The lowest BCUT2D eigenvalue weighted by atomic mass is 9.98. The second kappa shape index (κ2) is 10.2. The number of nitrogens with one attached hydrogen (secondary N) is 2. The Morgan fingerprint density at radius 1 is 0.941 bits per heavy atom. The molecule has 5 rings (SSSR count). The van der Waals surface area contributed by atoms with Crippen molar-refractivity contribution in [1.29, 1.82) is 0 Å². The highest BCUT2D eigenvalue weighted by atomic mass is 16.5. The number of ether oxygens (including phenoxy) is 2. The van der Waals surface area contributed by atoms with Gasteiger partial charge in [0.1, 0.15) is 17.9 Å². The molecule has 3 aromatic carbocycles. The van der Waals surface area contributed by atoms with E-state index in [1.54, 1.807) is 13.4 Å². The number of nitrogens with zero attached hydrogens (tertiary/aromatic N) is 2. The van der Waals surface area contributed by atoms with Crippen LogP contribution in [0.15, 0.2) is 73.1 Å². The summed E-state index contributed by atoms with van der Waals surface area (Å²) in [5.74, 6) is 9.96. The van der Waals surface area contributed by atoms with Crippen LogP contribution in [0.2, 0.25) is 0 Å². The summed E-state index contributed by atoms with van der Waals surface area (Å²) in [7, 11) is 1.63. The van der Waals surface area contributed by atoms with E-state index in [-0.39, 0.29) is 0 Å². The van der Waals surface area contributed by atoms with E-state index in [0.717, 1.165) is 53.8 Å². The smallest absolute Gasteiger partial charge is 0.169 e. The minimum absolute atomic E-state index is 0.450. The molecule has 170 valence electrons. The van der Waals surface area contributed by atoms with Crippen LogP contribution < -0.4 is 20.1 Å². The first-order valence-electron chi connectivity index (χ1n) is 11.4. The SMILES string of the molecule is COc1cc(Nc2ncnc3ccc(C#CC4CCNCC4)cc23)ccc1Oc1ccccc1. The second-order valence-corrected chi connectivity index (χ2v) is 8.15. The minimum atomic E-state index is 0.450. The highest BCUT2D eigenvalue weighted by molar-refractivity contribution is 5.91. The number of aromatic nitrogens is 2. The molecule has 1 saturated heterocycles. The van der Waals surface area contributed by atoms with Gasteiger partial charge in [0.25, 0.3) is 0 Å². The van der Waals surface area contributed by atoms with E-state index in [4.69, 9.17) is 9.47 Å². The standard InChI is InChI=1S/C28H26N4O2/c1-33-27-18-22(10-12-26(27)34-23-5-3-2-4-6-23)32-28-24-17-21(9-11-25(24)30-19-31-28)8-7-20-13-15-29-16-14-20/h2-6,9-12,17-20,29H,13-16H2,1H3,(H,30,31,32). The largest absolute Gasteiger partial charge is 0.493 e. The van der Waals surface area contributed by atoms with Gasteiger partial charge >= 0.3 is 0 Å². The van der Waals surface area contributed by atoms with Crippen molar-refractivity contribution >= 4 is 22.4 Å². The van der Waals surface area contributed by atoms with Gasteiger partial charge in [-0.15, -0.1) is 0 Å². The van der Waals surface area contributed by atoms with Gasteiger partial charge in [0, 0.05) is 28.6 Å². The van der Waals surface area contributed by atoms with Crippen LogP contribution in [0.25, 0.3) is 10.9 Å². The van der Waals surface area contributed by atoms with Crippen LogP contribution in [0, 0.1) is 17.8 Å². The highest BCUT2D eigenvalue weighted by Crippen LogP contribution is 2.35. The number of methoxy groups -OCH3 is 1. The number of rotatable bonds is 5. The molecule has 2 N–H and O–H groups in total. The van der Waals surface area contributed by atoms with E-state index < -0.39 is 0 Å². The predicted molar refractivity (Wildman–Crippen MR) is 135 cm³/mol. The van der Waals surface area contributed by atoms with Gasteiger partial charge < -0.3 is 20.1 Å². The molecular weight excluding hydrogens is 424 g/mol. The lowest BCUT2D eigenvalue weighted by Crippen LogP contribution is -2.26. The molecule has 0 unspecified atom stereocenters. The Balaban J connectivity index is 1.40. The first kappa shape index (κ1) is 21.7. The zero-order valence-corrected chi connectivity index (χ0v) is 19.0. The maximum absolute atomic E-state index is 5.97. The van der Waals surface area contributed by atoms with Gasteiger partial charge in [0.2, 0.25) is 0 Å². The topological polar surface area (TPSA) is 68.3 Å². The molecule has 0 aliphatic carbocycles. The number of hydrogen-bond donors (Lipinski definition) is 2. The number of anilines is 2. The van der Waals surface area contributed by atoms with Crippen LogP contribution in [-0.2, 0) is 0 Å². The normalized spacial score (nSPS) is 13.7. The maximum atomic E-state index is 5.97. The Hall–Kier alpha value is -4.08. The van der Waals surface area contributed by atoms with Crippen LogP contribution in [0.5, 0.6) is 17.2 Å². The third-order valence-corrected chi connectivity index (χ3v) is 5.79. The molecule has 0 radical (unpaired) electrons. The van der Waals surface area contributed by atoms with Crippen molar-refractivity contribution in [2.45, 2.75) is 12.8 Å². The third kappa shape index (κ3) is 5.11. The molecule has 2 heterocycles. The molecule has 1 aliphatic rings. The fraction of sp³-hybridized carbons (Fsp3) is 0.214. The predicted octanol–water partition coefficient (Wildman–Crippen LogP) is 5.53. The molecule has 4 aromatic rings. The monoisotopic (exact) mass is 450 g/mol. The van der Waals surface area contributed by atoms with E-state index in [0.29, 0.717) is 23.2 Å². The third-order valence-electron chi connectivity index (χ3n) is 5.79. The number of hydrogen-bond acceptors (Lipinski definition) is 6. The zero-order valence-electron chi connectivity index (χ0n) is 19.0. The summed E-state index contributed by atoms with van der Waals surface area (Å²) in [6.45, 7) is 2.08. The van der Waals surface area contributed by atoms with Crippen molar-refractivity contribution in [3.8, 4) is 29.1 Å². The van der Waals surface area contributed by atoms with Gasteiger partial charge in [-0.1, -0.05) is 30.0 Å². The molecule has 6 nitrogen and oxygen atoms in total. The van der Waals surface area contributed by atoms with E-state index >= 15 is 0 Å². The lowest BCUT2D eigenvalue weighted by molar-refractivity contribution is 0.379. The molecule has 0 amide bonds. The summed E-state index contributed by atoms with van der Waals surface area (Å²) in [6.07, 6.45) is 3.76. The number of para-hydroxylation sites is 1. The van der Waals surface area contributed by atoms with Gasteiger partial charge in [-0.3, -0.25) is 0 Å². The van der Waals surface area contributed by atoms with E-state index in [9.17, 15) is 0 Å². The summed E-state index contributed by atoms with van der Waals surface area (Å²) < 4.78 is 11.5. The average Bonchev–Trinajstić information content (AvgIpc) is 2.90. The van der Waals surface area contributed by atoms with Gasteiger partial charge in [-0.2, -0.15) is 0 Å². The van der Waals surface area contributed by atoms with Crippen molar-refractivity contribution in [2.24, 2.45) is 5.92 Å². The van der Waals surface area contributed by atoms with Crippen LogP contribution in [0.3, 0.4) is 0 Å². The molecule has 34 heavy (non-hydrogen) atoms. The van der Waals surface area contributed by atoms with Crippen molar-refractivity contribution in [2.75, 3.05) is 25.5 Å². The molecule has 1 aliphatic heterocycles. The Kier molecular flexibility index (Phi) is 6.55. The van der Waals surface area contributed by atoms with Crippen LogP contribution >= 0.6 is 0 Å². The van der Waals surface area contributed by atoms with Crippen LogP contribution in [0.4, 0.5) is 11.5 Å².